The van der Waals surface area contributed by atoms with Crippen LogP contribution >= 0.6 is 11.8 Å². The number of carboxylic acid groups (broad SMARTS) is 1. The van der Waals surface area contributed by atoms with Gasteiger partial charge in [-0.15, -0.1) is 0 Å². The molecule has 2 aromatic carbocycles. The summed E-state index contributed by atoms with van der Waals surface area (Å²) >= 11 is 1.47. The summed E-state index contributed by atoms with van der Waals surface area (Å²) in [6.45, 7) is 2.02. The van der Waals surface area contributed by atoms with Crippen LogP contribution in [-0.4, -0.2) is 16.1 Å². The lowest BCUT2D eigenvalue weighted by atomic mass is 10.1. The molecular weight excluding hydrogens is 282 g/mol. The second-order valence-electron chi connectivity index (χ2n) is 4.74. The van der Waals surface area contributed by atoms with Gasteiger partial charge < -0.3 is 5.11 Å². The lowest BCUT2D eigenvalue weighted by Gasteiger charge is -2.10. The Labute approximate surface area is 126 Å². The summed E-state index contributed by atoms with van der Waals surface area (Å²) in [7, 11) is 0. The first kappa shape index (κ1) is 13.6. The van der Waals surface area contributed by atoms with E-state index in [1.54, 1.807) is 0 Å². The summed E-state index contributed by atoms with van der Waals surface area (Å²) in [5.41, 5.74) is 2.19. The average molecular weight is 295 g/mol. The van der Waals surface area contributed by atoms with Gasteiger partial charge in [0.25, 0.3) is 0 Å². The van der Waals surface area contributed by atoms with Crippen LogP contribution in [0.1, 0.15) is 15.9 Å². The Morgan fingerprint density at radius 2 is 1.95 bits per heavy atom. The first-order valence-electron chi connectivity index (χ1n) is 6.51. The van der Waals surface area contributed by atoms with Gasteiger partial charge in [0.1, 0.15) is 0 Å². The summed E-state index contributed by atoms with van der Waals surface area (Å²) in [4.78, 5) is 17.5. The number of carboxylic acids is 1. The van der Waals surface area contributed by atoms with Crippen LogP contribution in [0.15, 0.2) is 64.5 Å². The van der Waals surface area contributed by atoms with E-state index < -0.39 is 5.97 Å². The lowest BCUT2D eigenvalue weighted by molar-refractivity contribution is 0.0693. The van der Waals surface area contributed by atoms with Crippen molar-refractivity contribution in [1.82, 2.24) is 4.98 Å². The number of aryl methyl sites for hydroxylation is 1. The van der Waals surface area contributed by atoms with Gasteiger partial charge in [-0.25, -0.2) is 4.79 Å². The van der Waals surface area contributed by atoms with Crippen LogP contribution in [0.2, 0.25) is 0 Å². The minimum atomic E-state index is -0.955. The van der Waals surface area contributed by atoms with Crippen molar-refractivity contribution in [1.29, 1.82) is 0 Å². The molecule has 1 N–H and O–H groups in total. The van der Waals surface area contributed by atoms with Crippen molar-refractivity contribution in [2.45, 2.75) is 16.7 Å². The van der Waals surface area contributed by atoms with Crippen molar-refractivity contribution in [3.63, 3.8) is 0 Å². The van der Waals surface area contributed by atoms with Crippen LogP contribution in [0.4, 0.5) is 0 Å². The summed E-state index contributed by atoms with van der Waals surface area (Å²) in [5, 5.41) is 10.3. The Kier molecular flexibility index (Phi) is 3.62. The molecule has 0 aliphatic rings. The van der Waals surface area contributed by atoms with Gasteiger partial charge in [-0.3, -0.25) is 4.98 Å². The van der Waals surface area contributed by atoms with Gasteiger partial charge in [0.2, 0.25) is 0 Å². The van der Waals surface area contributed by atoms with E-state index in [1.807, 2.05) is 55.5 Å². The average Bonchev–Trinajstić information content (AvgIpc) is 2.47. The van der Waals surface area contributed by atoms with Gasteiger partial charge in [0, 0.05) is 21.4 Å². The fourth-order valence-corrected chi connectivity index (χ4v) is 3.33. The summed E-state index contributed by atoms with van der Waals surface area (Å²) in [5.74, 6) is -0.955. The second-order valence-corrected chi connectivity index (χ2v) is 5.83. The first-order valence-corrected chi connectivity index (χ1v) is 7.32. The summed E-state index contributed by atoms with van der Waals surface area (Å²) in [6.07, 6.45) is 1.43. The Balaban J connectivity index is 2.18. The highest BCUT2D eigenvalue weighted by molar-refractivity contribution is 7.99. The van der Waals surface area contributed by atoms with Crippen molar-refractivity contribution in [2.24, 2.45) is 0 Å². The number of aromatic nitrogens is 1. The molecule has 0 radical (unpaired) electrons. The molecule has 0 unspecified atom stereocenters. The number of fused-ring (bicyclic) bond motifs is 1. The Hall–Kier alpha value is -2.33. The summed E-state index contributed by atoms with van der Waals surface area (Å²) < 4.78 is 0. The van der Waals surface area contributed by atoms with Crippen molar-refractivity contribution >= 4 is 28.6 Å². The van der Waals surface area contributed by atoms with Crippen LogP contribution in [-0.2, 0) is 0 Å². The maximum absolute atomic E-state index is 11.5. The molecule has 0 bridgehead atoms. The largest absolute Gasteiger partial charge is 0.478 e. The number of rotatable bonds is 3. The molecule has 21 heavy (non-hydrogen) atoms. The summed E-state index contributed by atoms with van der Waals surface area (Å²) in [6, 6.07) is 15.6. The quantitative estimate of drug-likeness (QED) is 0.778. The SMILES string of the molecule is Cc1cccc(Sc2c(C(=O)O)cnc3ccccc23)c1. The van der Waals surface area contributed by atoms with Gasteiger partial charge >= 0.3 is 5.97 Å². The number of hydrogen-bond donors (Lipinski definition) is 1. The number of aromatic carboxylic acids is 1. The minimum absolute atomic E-state index is 0.236. The third-order valence-corrected chi connectivity index (χ3v) is 4.30. The van der Waals surface area contributed by atoms with Crippen molar-refractivity contribution in [2.75, 3.05) is 0 Å². The molecule has 0 aliphatic heterocycles. The molecule has 1 aromatic heterocycles. The molecule has 3 nitrogen and oxygen atoms in total. The number of nitrogens with zero attached hydrogens (tertiary/aromatic N) is 1. The molecule has 4 heteroatoms. The highest BCUT2D eigenvalue weighted by Crippen LogP contribution is 2.35. The molecular formula is C17H13NO2S. The van der Waals surface area contributed by atoms with Gasteiger partial charge in [0.05, 0.1) is 11.1 Å². The predicted octanol–water partition coefficient (Wildman–Crippen LogP) is 4.39. The van der Waals surface area contributed by atoms with Crippen LogP contribution in [0, 0.1) is 6.92 Å². The van der Waals surface area contributed by atoms with Crippen LogP contribution in [0.25, 0.3) is 10.9 Å². The minimum Gasteiger partial charge on any atom is -0.478 e. The number of pyridine rings is 1. The molecule has 0 amide bonds. The number of carbonyl (C=O) groups is 1. The Morgan fingerprint density at radius 1 is 1.14 bits per heavy atom. The molecule has 0 saturated heterocycles. The van der Waals surface area contributed by atoms with Crippen molar-refractivity contribution in [3.05, 3.63) is 65.9 Å². The predicted molar refractivity (Wildman–Crippen MR) is 84.0 cm³/mol. The van der Waals surface area contributed by atoms with Gasteiger partial charge in [-0.2, -0.15) is 0 Å². The van der Waals surface area contributed by atoms with Crippen LogP contribution in [0.3, 0.4) is 0 Å². The molecule has 104 valence electrons. The Bertz CT molecular complexity index is 830. The fraction of sp³-hybridized carbons (Fsp3) is 0.0588. The third kappa shape index (κ3) is 2.76. The zero-order chi connectivity index (χ0) is 14.8. The normalized spacial score (nSPS) is 10.7. The molecule has 0 fully saturated rings. The van der Waals surface area contributed by atoms with Crippen molar-refractivity contribution < 1.29 is 9.90 Å². The van der Waals surface area contributed by atoms with Crippen LogP contribution < -0.4 is 0 Å². The standard InChI is InChI=1S/C17H13NO2S/c1-11-5-4-6-12(9-11)21-16-13-7-2-3-8-15(13)18-10-14(16)17(19)20/h2-10H,1H3,(H,19,20). The third-order valence-electron chi connectivity index (χ3n) is 3.17. The first-order chi connectivity index (χ1) is 10.1. The number of benzene rings is 2. The maximum atomic E-state index is 11.5. The van der Waals surface area contributed by atoms with E-state index in [-0.39, 0.29) is 5.56 Å². The molecule has 1 heterocycles. The van der Waals surface area contributed by atoms with Crippen molar-refractivity contribution in [3.8, 4) is 0 Å². The maximum Gasteiger partial charge on any atom is 0.338 e. The molecule has 3 aromatic rings. The van der Waals surface area contributed by atoms with Gasteiger partial charge in [0.15, 0.2) is 0 Å². The van der Waals surface area contributed by atoms with E-state index >= 15 is 0 Å². The molecule has 0 spiro atoms. The Morgan fingerprint density at radius 3 is 2.71 bits per heavy atom. The van der Waals surface area contributed by atoms with E-state index in [9.17, 15) is 9.90 Å². The van der Waals surface area contributed by atoms with E-state index in [4.69, 9.17) is 0 Å². The number of hydrogen-bond acceptors (Lipinski definition) is 3. The van der Waals surface area contributed by atoms with Gasteiger partial charge in [-0.05, 0) is 25.1 Å². The topological polar surface area (TPSA) is 50.2 Å². The van der Waals surface area contributed by atoms with Gasteiger partial charge in [-0.1, -0.05) is 47.7 Å². The second kappa shape index (κ2) is 5.58. The molecule has 0 atom stereocenters. The van der Waals surface area contributed by atoms with Crippen LogP contribution in [0.5, 0.6) is 0 Å². The highest BCUT2D eigenvalue weighted by atomic mass is 32.2. The van der Waals surface area contributed by atoms with E-state index in [1.165, 1.54) is 18.0 Å². The molecule has 0 aliphatic carbocycles. The smallest absolute Gasteiger partial charge is 0.338 e. The highest BCUT2D eigenvalue weighted by Gasteiger charge is 2.15. The molecule has 0 saturated carbocycles. The zero-order valence-corrected chi connectivity index (χ0v) is 12.2. The zero-order valence-electron chi connectivity index (χ0n) is 11.4. The van der Waals surface area contributed by atoms with E-state index in [0.29, 0.717) is 0 Å². The number of para-hydroxylation sites is 1. The lowest BCUT2D eigenvalue weighted by Crippen LogP contribution is -2.00. The molecule has 3 rings (SSSR count). The van der Waals surface area contributed by atoms with E-state index in [2.05, 4.69) is 4.98 Å². The van der Waals surface area contributed by atoms with E-state index in [0.717, 1.165) is 26.3 Å². The fourth-order valence-electron chi connectivity index (χ4n) is 2.18. The monoisotopic (exact) mass is 295 g/mol.